The quantitative estimate of drug-likeness (QED) is 0.592. The van der Waals surface area contributed by atoms with Gasteiger partial charge in [0.2, 0.25) is 5.91 Å². The molecule has 0 radical (unpaired) electrons. The van der Waals surface area contributed by atoms with Crippen molar-refractivity contribution in [3.63, 3.8) is 0 Å². The van der Waals surface area contributed by atoms with E-state index >= 15 is 0 Å². The molecule has 3 heterocycles. The summed E-state index contributed by atoms with van der Waals surface area (Å²) < 4.78 is 11.5. The number of phenols is 1. The van der Waals surface area contributed by atoms with E-state index in [0.29, 0.717) is 18.6 Å². The van der Waals surface area contributed by atoms with Gasteiger partial charge in [-0.15, -0.1) is 0 Å². The molecular weight excluding hydrogens is 432 g/mol. The van der Waals surface area contributed by atoms with Crippen molar-refractivity contribution < 1.29 is 24.2 Å². The van der Waals surface area contributed by atoms with Crippen LogP contribution in [0, 0.1) is 5.92 Å². The van der Waals surface area contributed by atoms with E-state index in [1.807, 2.05) is 6.07 Å². The van der Waals surface area contributed by atoms with Gasteiger partial charge >= 0.3 is 0 Å². The molecule has 1 aromatic carbocycles. The summed E-state index contributed by atoms with van der Waals surface area (Å²) in [6, 6.07) is 5.30. The highest BCUT2D eigenvalue weighted by molar-refractivity contribution is 5.92. The number of furan rings is 1. The van der Waals surface area contributed by atoms with Gasteiger partial charge in [0, 0.05) is 29.8 Å². The van der Waals surface area contributed by atoms with Crippen LogP contribution in [-0.2, 0) is 16.6 Å². The summed E-state index contributed by atoms with van der Waals surface area (Å²) >= 11 is 0. The summed E-state index contributed by atoms with van der Waals surface area (Å²) in [5.74, 6) is 1.18. The van der Waals surface area contributed by atoms with Crippen molar-refractivity contribution in [2.75, 3.05) is 13.1 Å². The molecule has 2 saturated carbocycles. The number of amides is 1. The number of carbonyl (C=O) groups excluding carboxylic acids is 1. The molecule has 1 aromatic heterocycles. The number of rotatable bonds is 5. The molecule has 178 valence electrons. The zero-order valence-electron chi connectivity index (χ0n) is 19.1. The van der Waals surface area contributed by atoms with Gasteiger partial charge in [0.25, 0.3) is 0 Å². The second kappa shape index (κ2) is 7.12. The first-order valence-electron chi connectivity index (χ1n) is 12.5. The van der Waals surface area contributed by atoms with Gasteiger partial charge in [-0.2, -0.15) is 0 Å². The Bertz CT molecular complexity index is 1170. The number of phenolic OH excluding ortho intramolecular Hbond substituents is 1. The van der Waals surface area contributed by atoms with Gasteiger partial charge in [-0.1, -0.05) is 6.07 Å². The smallest absolute Gasteiger partial charge is 0.244 e. The molecule has 3 fully saturated rings. The Labute approximate surface area is 198 Å². The first-order chi connectivity index (χ1) is 16.5. The van der Waals surface area contributed by atoms with Crippen LogP contribution in [0.25, 0.3) is 6.08 Å². The molecule has 1 spiro atoms. The summed E-state index contributed by atoms with van der Waals surface area (Å²) in [7, 11) is 0. The van der Waals surface area contributed by atoms with E-state index in [9.17, 15) is 15.0 Å². The Morgan fingerprint density at radius 2 is 2.12 bits per heavy atom. The molecule has 1 saturated heterocycles. The standard InChI is InChI=1S/C27H30N2O5/c30-20-5-4-18-13-21-27(32)9-7-19(28-22(31)6-3-17-8-12-33-15-17)25-26(27,23(18)24(20)34-25)10-11-29(21)14-16-1-2-16/h3-6,8,12,15-16,19,21,25,30,32H,1-2,7,9-11,13-14H2,(H,28,31)/b6-3-/t19-,21-,25+,26+,27-/m1/s1. The maximum absolute atomic E-state index is 12.8. The molecule has 7 rings (SSSR count). The topological polar surface area (TPSA) is 95.2 Å². The van der Waals surface area contributed by atoms with Gasteiger partial charge in [-0.05, 0) is 74.8 Å². The first-order valence-corrected chi connectivity index (χ1v) is 12.5. The summed E-state index contributed by atoms with van der Waals surface area (Å²) in [6.07, 6.45) is 11.3. The number of hydrogen-bond donors (Lipinski definition) is 3. The van der Waals surface area contributed by atoms with Crippen LogP contribution in [0.1, 0.15) is 48.8 Å². The van der Waals surface area contributed by atoms with E-state index in [0.717, 1.165) is 48.5 Å². The van der Waals surface area contributed by atoms with E-state index < -0.39 is 17.1 Å². The van der Waals surface area contributed by atoms with E-state index in [1.165, 1.54) is 18.9 Å². The fourth-order valence-corrected chi connectivity index (χ4v) is 7.40. The maximum Gasteiger partial charge on any atom is 0.244 e. The zero-order chi connectivity index (χ0) is 23.1. The summed E-state index contributed by atoms with van der Waals surface area (Å²) in [5.41, 5.74) is 1.41. The lowest BCUT2D eigenvalue weighted by Crippen LogP contribution is -2.78. The Morgan fingerprint density at radius 3 is 2.91 bits per heavy atom. The third kappa shape index (κ3) is 2.74. The van der Waals surface area contributed by atoms with Crippen LogP contribution >= 0.6 is 0 Å². The number of nitrogens with one attached hydrogen (secondary N) is 1. The van der Waals surface area contributed by atoms with Crippen LogP contribution in [0.3, 0.4) is 0 Å². The number of likely N-dealkylation sites (tertiary alicyclic amines) is 1. The van der Waals surface area contributed by atoms with Crippen LogP contribution < -0.4 is 10.1 Å². The van der Waals surface area contributed by atoms with Crippen molar-refractivity contribution in [3.05, 3.63) is 53.5 Å². The zero-order valence-corrected chi connectivity index (χ0v) is 19.1. The van der Waals surface area contributed by atoms with Gasteiger partial charge in [0.05, 0.1) is 29.6 Å². The van der Waals surface area contributed by atoms with Crippen molar-refractivity contribution in [1.82, 2.24) is 10.2 Å². The second-order valence-electron chi connectivity index (χ2n) is 10.8. The molecule has 1 amide bonds. The predicted octanol–water partition coefficient (Wildman–Crippen LogP) is 2.75. The number of aliphatic hydroxyl groups is 1. The third-order valence-corrected chi connectivity index (χ3v) is 9.06. The second-order valence-corrected chi connectivity index (χ2v) is 10.8. The van der Waals surface area contributed by atoms with E-state index in [-0.39, 0.29) is 23.7 Å². The van der Waals surface area contributed by atoms with Crippen LogP contribution in [0.2, 0.25) is 0 Å². The molecule has 3 aliphatic carbocycles. The minimum atomic E-state index is -0.940. The lowest BCUT2D eigenvalue weighted by Gasteiger charge is -2.64. The number of ether oxygens (including phenoxy) is 1. The number of aromatic hydroxyl groups is 1. The van der Waals surface area contributed by atoms with Crippen LogP contribution in [0.4, 0.5) is 0 Å². The van der Waals surface area contributed by atoms with Gasteiger partial charge in [0.1, 0.15) is 6.10 Å². The normalized spacial score (nSPS) is 35.7. The van der Waals surface area contributed by atoms with Crippen LogP contribution in [-0.4, -0.2) is 57.9 Å². The van der Waals surface area contributed by atoms with Crippen LogP contribution in [0.15, 0.2) is 41.2 Å². The molecule has 2 aromatic rings. The Hall–Kier alpha value is -2.77. The van der Waals surface area contributed by atoms with Crippen LogP contribution in [0.5, 0.6) is 11.5 Å². The maximum atomic E-state index is 12.8. The third-order valence-electron chi connectivity index (χ3n) is 9.06. The monoisotopic (exact) mass is 462 g/mol. The average molecular weight is 463 g/mol. The van der Waals surface area contributed by atoms with Crippen molar-refractivity contribution in [2.45, 2.75) is 67.7 Å². The van der Waals surface area contributed by atoms with Gasteiger partial charge < -0.3 is 24.7 Å². The minimum Gasteiger partial charge on any atom is -0.504 e. The molecule has 7 nitrogen and oxygen atoms in total. The van der Waals surface area contributed by atoms with Crippen molar-refractivity contribution in [3.8, 4) is 11.5 Å². The molecule has 0 unspecified atom stereocenters. The van der Waals surface area contributed by atoms with Crippen molar-refractivity contribution in [1.29, 1.82) is 0 Å². The van der Waals surface area contributed by atoms with E-state index in [2.05, 4.69) is 10.2 Å². The molecule has 34 heavy (non-hydrogen) atoms. The fourth-order valence-electron chi connectivity index (χ4n) is 7.40. The van der Waals surface area contributed by atoms with Crippen molar-refractivity contribution >= 4 is 12.0 Å². The van der Waals surface area contributed by atoms with Crippen molar-refractivity contribution in [2.24, 2.45) is 5.92 Å². The number of piperidine rings is 1. The molecule has 2 bridgehead atoms. The van der Waals surface area contributed by atoms with Gasteiger partial charge in [-0.25, -0.2) is 0 Å². The molecule has 3 N–H and O–H groups in total. The summed E-state index contributed by atoms with van der Waals surface area (Å²) in [6.45, 7) is 1.95. The highest BCUT2D eigenvalue weighted by Crippen LogP contribution is 2.65. The average Bonchev–Trinajstić information content (AvgIpc) is 3.33. The molecule has 5 atom stereocenters. The summed E-state index contributed by atoms with van der Waals surface area (Å²) in [5, 5.41) is 26.3. The molecule has 2 aliphatic heterocycles. The highest BCUT2D eigenvalue weighted by atomic mass is 16.5. The number of benzene rings is 1. The largest absolute Gasteiger partial charge is 0.504 e. The van der Waals surface area contributed by atoms with Gasteiger partial charge in [-0.3, -0.25) is 9.69 Å². The number of nitrogens with zero attached hydrogens (tertiary/aromatic N) is 1. The SMILES string of the molecule is O=C(/C=C\c1ccoc1)N[C@@H]1CC[C@@]2(O)[C@H]3Cc4ccc(O)c5c4[C@@]2(CCN3CC2CC2)[C@H]1O5. The predicted molar refractivity (Wildman–Crippen MR) is 124 cm³/mol. The highest BCUT2D eigenvalue weighted by Gasteiger charge is 2.73. The lowest BCUT2D eigenvalue weighted by atomic mass is 9.48. The Kier molecular flexibility index (Phi) is 4.31. The van der Waals surface area contributed by atoms with E-state index in [4.69, 9.17) is 9.15 Å². The van der Waals surface area contributed by atoms with Gasteiger partial charge in [0.15, 0.2) is 11.5 Å². The van der Waals surface area contributed by atoms with E-state index in [1.54, 1.807) is 30.7 Å². The fraction of sp³-hybridized carbons (Fsp3) is 0.519. The molecule has 7 heteroatoms. The molecule has 5 aliphatic rings. The first kappa shape index (κ1) is 20.6. The Balaban J connectivity index is 1.25. The minimum absolute atomic E-state index is 0.0357. The Morgan fingerprint density at radius 1 is 1.24 bits per heavy atom. The number of carbonyl (C=O) groups is 1. The summed E-state index contributed by atoms with van der Waals surface area (Å²) in [4.78, 5) is 15.3. The lowest BCUT2D eigenvalue weighted by molar-refractivity contribution is -0.192. The molecular formula is C27H30N2O5. The number of hydrogen-bond acceptors (Lipinski definition) is 6.